The van der Waals surface area contributed by atoms with Crippen LogP contribution in [-0.2, 0) is 9.53 Å². The van der Waals surface area contributed by atoms with Crippen LogP contribution in [0.1, 0.15) is 29.9 Å². The zero-order chi connectivity index (χ0) is 10.2. The Balaban J connectivity index is 1.74. The highest BCUT2D eigenvalue weighted by atomic mass is 16.5. The summed E-state index contributed by atoms with van der Waals surface area (Å²) in [4.78, 5) is 11.9. The lowest BCUT2D eigenvalue weighted by Crippen LogP contribution is -2.15. The second kappa shape index (κ2) is 2.11. The average Bonchev–Trinajstić information content (AvgIpc) is 3.02. The molecule has 5 rings (SSSR count). The van der Waals surface area contributed by atoms with Gasteiger partial charge in [-0.15, -0.1) is 0 Å². The van der Waals surface area contributed by atoms with Crippen LogP contribution < -0.4 is 0 Å². The molecule has 0 amide bonds. The van der Waals surface area contributed by atoms with E-state index in [1.54, 1.807) is 0 Å². The molecule has 2 unspecified atom stereocenters. The molecule has 4 aliphatic carbocycles. The lowest BCUT2D eigenvalue weighted by atomic mass is 10.0. The predicted octanol–water partition coefficient (Wildman–Crippen LogP) is 2.06. The highest BCUT2D eigenvalue weighted by Gasteiger charge is 2.95. The molecule has 2 fully saturated rings. The van der Waals surface area contributed by atoms with Crippen LogP contribution in [0.5, 0.6) is 0 Å². The van der Waals surface area contributed by atoms with Gasteiger partial charge in [0, 0.05) is 11.8 Å². The Hall–Kier alpha value is -1.31. The minimum Gasteiger partial charge on any atom is -0.466 e. The van der Waals surface area contributed by atoms with E-state index in [2.05, 4.69) is 24.3 Å². The van der Waals surface area contributed by atoms with Crippen molar-refractivity contribution in [1.29, 1.82) is 0 Å². The van der Waals surface area contributed by atoms with Crippen molar-refractivity contribution < 1.29 is 9.53 Å². The van der Waals surface area contributed by atoms with E-state index in [-0.39, 0.29) is 11.4 Å². The van der Waals surface area contributed by atoms with Crippen molar-refractivity contribution in [2.24, 2.45) is 11.3 Å². The van der Waals surface area contributed by atoms with Crippen molar-refractivity contribution in [3.63, 3.8) is 0 Å². The maximum atomic E-state index is 11.9. The number of hydrogen-bond donors (Lipinski definition) is 0. The van der Waals surface area contributed by atoms with E-state index >= 15 is 0 Å². The molecule has 0 aliphatic heterocycles. The molecule has 0 N–H and O–H groups in total. The molecule has 0 saturated heterocycles. The fourth-order valence-corrected chi connectivity index (χ4v) is 3.76. The van der Waals surface area contributed by atoms with Crippen LogP contribution in [0.4, 0.5) is 0 Å². The van der Waals surface area contributed by atoms with Gasteiger partial charge in [0.25, 0.3) is 0 Å². The first-order valence-electron chi connectivity index (χ1n) is 5.59. The van der Waals surface area contributed by atoms with E-state index in [0.717, 1.165) is 0 Å². The Labute approximate surface area is 88.2 Å². The summed E-state index contributed by atoms with van der Waals surface area (Å²) in [6, 6.07) is 8.47. The van der Waals surface area contributed by atoms with Crippen molar-refractivity contribution in [1.82, 2.24) is 0 Å². The van der Waals surface area contributed by atoms with Gasteiger partial charge in [-0.1, -0.05) is 24.3 Å². The second-order valence-corrected chi connectivity index (χ2v) is 4.76. The zero-order valence-corrected chi connectivity index (χ0v) is 8.57. The third kappa shape index (κ3) is 0.612. The second-order valence-electron chi connectivity index (χ2n) is 4.76. The molecular weight excluding hydrogens is 188 g/mol. The van der Waals surface area contributed by atoms with Gasteiger partial charge >= 0.3 is 5.97 Å². The first kappa shape index (κ1) is 7.91. The summed E-state index contributed by atoms with van der Waals surface area (Å²) in [5.41, 5.74) is 2.71. The van der Waals surface area contributed by atoms with E-state index in [0.29, 0.717) is 24.4 Å². The molecule has 0 spiro atoms. The molecule has 2 saturated carbocycles. The molecule has 0 radical (unpaired) electrons. The number of carbonyl (C=O) groups is 1. The van der Waals surface area contributed by atoms with E-state index in [4.69, 9.17) is 4.74 Å². The Morgan fingerprint density at radius 3 is 2.47 bits per heavy atom. The highest BCUT2D eigenvalue weighted by Crippen LogP contribution is 2.96. The number of ether oxygens (including phenoxy) is 1. The van der Waals surface area contributed by atoms with Crippen molar-refractivity contribution in [3.05, 3.63) is 35.4 Å². The summed E-state index contributed by atoms with van der Waals surface area (Å²) < 4.78 is 5.18. The molecule has 15 heavy (non-hydrogen) atoms. The fourth-order valence-electron chi connectivity index (χ4n) is 3.76. The maximum absolute atomic E-state index is 11.9. The smallest absolute Gasteiger partial charge is 0.313 e. The number of hydrogen-bond acceptors (Lipinski definition) is 2. The van der Waals surface area contributed by atoms with Crippen molar-refractivity contribution >= 4 is 5.97 Å². The Kier molecular flexibility index (Phi) is 1.11. The molecule has 2 atom stereocenters. The summed E-state index contributed by atoms with van der Waals surface area (Å²) in [7, 11) is 0. The topological polar surface area (TPSA) is 26.3 Å². The summed E-state index contributed by atoms with van der Waals surface area (Å²) in [5.74, 6) is 1.63. The van der Waals surface area contributed by atoms with Gasteiger partial charge in [-0.2, -0.15) is 0 Å². The van der Waals surface area contributed by atoms with Gasteiger partial charge in [0.2, 0.25) is 0 Å². The zero-order valence-electron chi connectivity index (χ0n) is 8.57. The van der Waals surface area contributed by atoms with Gasteiger partial charge < -0.3 is 4.74 Å². The molecule has 1 aromatic carbocycles. The lowest BCUT2D eigenvalue weighted by molar-refractivity contribution is -0.147. The van der Waals surface area contributed by atoms with Crippen LogP contribution >= 0.6 is 0 Å². The van der Waals surface area contributed by atoms with Gasteiger partial charge in [-0.25, -0.2) is 0 Å². The summed E-state index contributed by atoms with van der Waals surface area (Å²) >= 11 is 0. The summed E-state index contributed by atoms with van der Waals surface area (Å²) in [5, 5.41) is 0. The Morgan fingerprint density at radius 1 is 1.33 bits per heavy atom. The minimum absolute atomic E-state index is 0.0428. The van der Waals surface area contributed by atoms with Gasteiger partial charge in [0.15, 0.2) is 0 Å². The van der Waals surface area contributed by atoms with Crippen LogP contribution in [0.15, 0.2) is 24.3 Å². The number of esters is 1. The van der Waals surface area contributed by atoms with Gasteiger partial charge in [-0.3, -0.25) is 4.79 Å². The minimum atomic E-state index is -0.0975. The molecular formula is C13H12O2. The first-order valence-corrected chi connectivity index (χ1v) is 5.59. The fraction of sp³-hybridized carbons (Fsp3) is 0.462. The SMILES string of the molecule is CCOC(=O)C12C3c4ccccc4C1C32. The van der Waals surface area contributed by atoms with E-state index in [9.17, 15) is 4.79 Å². The molecule has 2 heteroatoms. The van der Waals surface area contributed by atoms with Crippen LogP contribution in [0.25, 0.3) is 0 Å². The Bertz CT molecular complexity index is 446. The van der Waals surface area contributed by atoms with Crippen molar-refractivity contribution in [2.45, 2.75) is 18.8 Å². The van der Waals surface area contributed by atoms with Crippen LogP contribution in [0.3, 0.4) is 0 Å². The molecule has 2 bridgehead atoms. The molecule has 1 aromatic rings. The molecule has 0 heterocycles. The average molecular weight is 200 g/mol. The van der Waals surface area contributed by atoms with E-state index < -0.39 is 0 Å². The number of rotatable bonds is 2. The summed E-state index contributed by atoms with van der Waals surface area (Å²) in [6.07, 6.45) is 0. The number of benzene rings is 1. The largest absolute Gasteiger partial charge is 0.466 e. The third-order valence-electron chi connectivity index (χ3n) is 4.38. The van der Waals surface area contributed by atoms with Crippen LogP contribution in [0.2, 0.25) is 0 Å². The summed E-state index contributed by atoms with van der Waals surface area (Å²) in [6.45, 7) is 2.38. The van der Waals surface area contributed by atoms with Gasteiger partial charge in [-0.05, 0) is 24.0 Å². The monoisotopic (exact) mass is 200 g/mol. The molecule has 2 nitrogen and oxygen atoms in total. The third-order valence-corrected chi connectivity index (χ3v) is 4.38. The van der Waals surface area contributed by atoms with Crippen LogP contribution in [-0.4, -0.2) is 12.6 Å². The van der Waals surface area contributed by atoms with Gasteiger partial charge in [0.1, 0.15) is 0 Å². The maximum Gasteiger partial charge on any atom is 0.313 e. The predicted molar refractivity (Wildman–Crippen MR) is 54.5 cm³/mol. The molecule has 4 aliphatic rings. The molecule has 0 aromatic heterocycles. The normalized spacial score (nSPS) is 41.8. The first-order chi connectivity index (χ1) is 7.33. The van der Waals surface area contributed by atoms with Gasteiger partial charge in [0.05, 0.1) is 12.0 Å². The highest BCUT2D eigenvalue weighted by molar-refractivity contribution is 5.95. The van der Waals surface area contributed by atoms with Crippen LogP contribution in [0, 0.1) is 11.3 Å². The Morgan fingerprint density at radius 2 is 1.93 bits per heavy atom. The number of carbonyl (C=O) groups excluding carboxylic acids is 1. The quantitative estimate of drug-likeness (QED) is 0.683. The van der Waals surface area contributed by atoms with Crippen molar-refractivity contribution in [2.75, 3.05) is 6.61 Å². The van der Waals surface area contributed by atoms with E-state index in [1.165, 1.54) is 11.1 Å². The standard InChI is InChI=1S/C13H12O2/c1-2-15-12(14)13-9-7-5-3-4-6-8(7)10(13)11(9)13/h3-6,9-11H,2H2,1H3. The molecule has 76 valence electrons. The van der Waals surface area contributed by atoms with E-state index in [1.807, 2.05) is 6.92 Å². The lowest BCUT2D eigenvalue weighted by Gasteiger charge is -2.07. The van der Waals surface area contributed by atoms with Crippen molar-refractivity contribution in [3.8, 4) is 0 Å².